The molecule has 0 saturated carbocycles. The van der Waals surface area contributed by atoms with Gasteiger partial charge in [0.1, 0.15) is 5.25 Å². The number of carbonyl (C=O) groups is 2. The van der Waals surface area contributed by atoms with Crippen molar-refractivity contribution in [3.05, 3.63) is 0 Å². The van der Waals surface area contributed by atoms with E-state index in [1.54, 1.807) is 0 Å². The first-order chi connectivity index (χ1) is 6.49. The zero-order chi connectivity index (χ0) is 11.1. The van der Waals surface area contributed by atoms with Gasteiger partial charge in [-0.2, -0.15) is 0 Å². The Bertz CT molecular complexity index is 203. The Morgan fingerprint density at radius 3 is 2.36 bits per heavy atom. The molecule has 0 aliphatic rings. The Morgan fingerprint density at radius 2 is 2.00 bits per heavy atom. The van der Waals surface area contributed by atoms with Crippen LogP contribution in [0.4, 0.5) is 0 Å². The van der Waals surface area contributed by atoms with Crippen molar-refractivity contribution in [2.24, 2.45) is 5.92 Å². The molecule has 0 aliphatic carbocycles. The number of methoxy groups -OCH3 is 1. The molecule has 5 heteroatoms. The van der Waals surface area contributed by atoms with E-state index in [1.807, 2.05) is 13.8 Å². The second kappa shape index (κ2) is 6.70. The van der Waals surface area contributed by atoms with E-state index in [0.717, 1.165) is 0 Å². The fourth-order valence-corrected chi connectivity index (χ4v) is 1.99. The van der Waals surface area contributed by atoms with Crippen LogP contribution in [0.3, 0.4) is 0 Å². The number of carboxylic acid groups (broad SMARTS) is 1. The van der Waals surface area contributed by atoms with Gasteiger partial charge >= 0.3 is 11.9 Å². The lowest BCUT2D eigenvalue weighted by atomic mass is 10.1. The number of hydrogen-bond acceptors (Lipinski definition) is 4. The summed E-state index contributed by atoms with van der Waals surface area (Å²) in [5, 5.41) is 8.38. The van der Waals surface area contributed by atoms with Crippen LogP contribution in [-0.2, 0) is 14.3 Å². The lowest BCUT2D eigenvalue weighted by Crippen LogP contribution is -2.23. The highest BCUT2D eigenvalue weighted by atomic mass is 32.2. The molecule has 0 spiro atoms. The second-order valence-corrected chi connectivity index (χ2v) is 4.45. The third-order valence-electron chi connectivity index (χ3n) is 1.68. The molecule has 0 aromatic rings. The average Bonchev–Trinajstić information content (AvgIpc) is 2.10. The number of ether oxygens (including phenoxy) is 1. The number of aliphatic carboxylic acids is 1. The first-order valence-corrected chi connectivity index (χ1v) is 5.45. The van der Waals surface area contributed by atoms with Crippen molar-refractivity contribution in [1.82, 2.24) is 0 Å². The highest BCUT2D eigenvalue weighted by Gasteiger charge is 2.21. The van der Waals surface area contributed by atoms with E-state index < -0.39 is 11.2 Å². The lowest BCUT2D eigenvalue weighted by Gasteiger charge is -2.14. The Hall–Kier alpha value is -0.710. The largest absolute Gasteiger partial charge is 0.480 e. The molecular formula is C9H16O4S. The van der Waals surface area contributed by atoms with Gasteiger partial charge in [0.25, 0.3) is 0 Å². The van der Waals surface area contributed by atoms with Crippen LogP contribution in [0.5, 0.6) is 0 Å². The van der Waals surface area contributed by atoms with Crippen molar-refractivity contribution in [3.63, 3.8) is 0 Å². The van der Waals surface area contributed by atoms with Gasteiger partial charge in [-0.15, -0.1) is 11.8 Å². The third-order valence-corrected chi connectivity index (χ3v) is 3.23. The van der Waals surface area contributed by atoms with Gasteiger partial charge in [0, 0.05) is 5.75 Å². The van der Waals surface area contributed by atoms with Crippen molar-refractivity contribution >= 4 is 23.7 Å². The van der Waals surface area contributed by atoms with E-state index in [1.165, 1.54) is 18.9 Å². The van der Waals surface area contributed by atoms with E-state index in [-0.39, 0.29) is 18.3 Å². The topological polar surface area (TPSA) is 63.6 Å². The normalized spacial score (nSPS) is 12.6. The Labute approximate surface area is 88.0 Å². The minimum Gasteiger partial charge on any atom is -0.480 e. The maximum absolute atomic E-state index is 10.8. The van der Waals surface area contributed by atoms with Crippen LogP contribution >= 0.6 is 11.8 Å². The maximum atomic E-state index is 10.8. The summed E-state index contributed by atoms with van der Waals surface area (Å²) in [6, 6.07) is 0. The van der Waals surface area contributed by atoms with Gasteiger partial charge in [-0.05, 0) is 5.92 Å². The van der Waals surface area contributed by atoms with Gasteiger partial charge in [-0.1, -0.05) is 13.8 Å². The zero-order valence-corrected chi connectivity index (χ0v) is 9.47. The molecule has 0 aromatic carbocycles. The lowest BCUT2D eigenvalue weighted by molar-refractivity contribution is -0.140. The first-order valence-electron chi connectivity index (χ1n) is 4.40. The molecule has 0 heterocycles. The summed E-state index contributed by atoms with van der Waals surface area (Å²) >= 11 is 1.28. The van der Waals surface area contributed by atoms with Gasteiger partial charge in [-0.25, -0.2) is 0 Å². The fraction of sp³-hybridized carbons (Fsp3) is 0.778. The van der Waals surface area contributed by atoms with E-state index >= 15 is 0 Å². The number of rotatable bonds is 6. The van der Waals surface area contributed by atoms with E-state index in [9.17, 15) is 9.59 Å². The van der Waals surface area contributed by atoms with Crippen LogP contribution in [-0.4, -0.2) is 35.2 Å². The van der Waals surface area contributed by atoms with Gasteiger partial charge in [-0.3, -0.25) is 9.59 Å². The molecule has 4 nitrogen and oxygen atoms in total. The molecule has 0 radical (unpaired) electrons. The van der Waals surface area contributed by atoms with Gasteiger partial charge in [0.2, 0.25) is 0 Å². The predicted octanol–water partition coefficient (Wildman–Crippen LogP) is 1.39. The SMILES string of the molecule is COC(=O)CCSC(C(=O)O)C(C)C. The molecule has 0 aromatic heterocycles. The zero-order valence-electron chi connectivity index (χ0n) is 8.65. The van der Waals surface area contributed by atoms with Crippen molar-refractivity contribution in [2.45, 2.75) is 25.5 Å². The Balaban J connectivity index is 3.84. The molecule has 0 bridgehead atoms. The van der Waals surface area contributed by atoms with Crippen LogP contribution in [0.25, 0.3) is 0 Å². The van der Waals surface area contributed by atoms with E-state index in [2.05, 4.69) is 4.74 Å². The summed E-state index contributed by atoms with van der Waals surface area (Å²) < 4.78 is 4.45. The molecule has 0 rings (SSSR count). The molecule has 0 amide bonds. The summed E-state index contributed by atoms with van der Waals surface area (Å²) in [6.45, 7) is 3.70. The van der Waals surface area contributed by atoms with Crippen molar-refractivity contribution in [3.8, 4) is 0 Å². The summed E-state index contributed by atoms with van der Waals surface area (Å²) in [5.41, 5.74) is 0. The number of carbonyl (C=O) groups excluding carboxylic acids is 1. The molecule has 14 heavy (non-hydrogen) atoms. The molecule has 1 atom stereocenters. The fourth-order valence-electron chi connectivity index (χ4n) is 0.920. The van der Waals surface area contributed by atoms with Crippen molar-refractivity contribution < 1.29 is 19.4 Å². The number of thioether (sulfide) groups is 1. The van der Waals surface area contributed by atoms with E-state index in [4.69, 9.17) is 5.11 Å². The molecular weight excluding hydrogens is 204 g/mol. The molecule has 82 valence electrons. The molecule has 0 saturated heterocycles. The summed E-state index contributed by atoms with van der Waals surface area (Å²) in [7, 11) is 1.32. The third kappa shape index (κ3) is 5.11. The maximum Gasteiger partial charge on any atom is 0.316 e. The number of esters is 1. The number of hydrogen-bond donors (Lipinski definition) is 1. The van der Waals surface area contributed by atoms with E-state index in [0.29, 0.717) is 5.75 Å². The highest BCUT2D eigenvalue weighted by Crippen LogP contribution is 2.20. The second-order valence-electron chi connectivity index (χ2n) is 3.20. The van der Waals surface area contributed by atoms with Crippen LogP contribution in [0.2, 0.25) is 0 Å². The van der Waals surface area contributed by atoms with Crippen LogP contribution in [0.15, 0.2) is 0 Å². The molecule has 0 fully saturated rings. The summed E-state index contributed by atoms with van der Waals surface area (Å²) in [6.07, 6.45) is 0.262. The van der Waals surface area contributed by atoms with Crippen molar-refractivity contribution in [2.75, 3.05) is 12.9 Å². The monoisotopic (exact) mass is 220 g/mol. The van der Waals surface area contributed by atoms with Crippen LogP contribution in [0, 0.1) is 5.92 Å². The quantitative estimate of drug-likeness (QED) is 0.685. The Morgan fingerprint density at radius 1 is 1.43 bits per heavy atom. The smallest absolute Gasteiger partial charge is 0.316 e. The minimum atomic E-state index is -0.824. The van der Waals surface area contributed by atoms with Gasteiger partial charge in [0.05, 0.1) is 13.5 Å². The molecule has 0 aliphatic heterocycles. The summed E-state index contributed by atoms with van der Waals surface area (Å²) in [5.74, 6) is -0.572. The highest BCUT2D eigenvalue weighted by molar-refractivity contribution is 8.00. The van der Waals surface area contributed by atoms with Gasteiger partial charge < -0.3 is 9.84 Å². The molecule has 1 N–H and O–H groups in total. The van der Waals surface area contributed by atoms with Crippen molar-refractivity contribution in [1.29, 1.82) is 0 Å². The van der Waals surface area contributed by atoms with Crippen LogP contribution in [0.1, 0.15) is 20.3 Å². The summed E-state index contributed by atoms with van der Waals surface area (Å²) in [4.78, 5) is 21.5. The molecule has 1 unspecified atom stereocenters. The predicted molar refractivity (Wildman–Crippen MR) is 55.4 cm³/mol. The number of carboxylic acids is 1. The Kier molecular flexibility index (Phi) is 6.36. The van der Waals surface area contributed by atoms with Crippen LogP contribution < -0.4 is 0 Å². The average molecular weight is 220 g/mol. The standard InChI is InChI=1S/C9H16O4S/c1-6(2)8(9(11)12)14-5-4-7(10)13-3/h6,8H,4-5H2,1-3H3,(H,11,12). The van der Waals surface area contributed by atoms with Gasteiger partial charge in [0.15, 0.2) is 0 Å². The first kappa shape index (κ1) is 13.3. The minimum absolute atomic E-state index is 0.0650.